The molecule has 1 aromatic carbocycles. The summed E-state index contributed by atoms with van der Waals surface area (Å²) in [6, 6.07) is 4.70. The number of anilines is 1. The fourth-order valence-electron chi connectivity index (χ4n) is 1.53. The van der Waals surface area contributed by atoms with Gasteiger partial charge in [0, 0.05) is 18.9 Å². The van der Waals surface area contributed by atoms with Crippen LogP contribution in [0.5, 0.6) is 11.5 Å². The Kier molecular flexibility index (Phi) is 6.68. The first kappa shape index (κ1) is 17.5. The maximum Gasteiger partial charge on any atom is 0.251 e. The van der Waals surface area contributed by atoms with Gasteiger partial charge in [0.1, 0.15) is 17.4 Å². The molecule has 0 heterocycles. The Hall–Kier alpha value is -1.56. The molecule has 4 nitrogen and oxygen atoms in total. The summed E-state index contributed by atoms with van der Waals surface area (Å²) in [6.45, 7) is 1.26. The highest BCUT2D eigenvalue weighted by Crippen LogP contribution is 2.30. The number of amides is 1. The molecule has 1 N–H and O–H groups in total. The van der Waals surface area contributed by atoms with Crippen LogP contribution in [0, 0.1) is 0 Å². The number of alkyl halides is 3. The van der Waals surface area contributed by atoms with Gasteiger partial charge in [0.05, 0.1) is 19.4 Å². The molecule has 1 aromatic rings. The Bertz CT molecular complexity index is 483. The Morgan fingerprint density at radius 2 is 2.14 bits per heavy atom. The fraction of sp³-hybridized carbons (Fsp3) is 0.500. The Balaban J connectivity index is 2.77. The number of methoxy groups -OCH3 is 1. The lowest BCUT2D eigenvalue weighted by molar-refractivity contribution is -0.113. The van der Waals surface area contributed by atoms with Gasteiger partial charge in [0.2, 0.25) is 5.91 Å². The summed E-state index contributed by atoms with van der Waals surface area (Å²) >= 11 is 5.43. The van der Waals surface area contributed by atoms with Crippen LogP contribution in [-0.2, 0) is 4.79 Å². The number of hydrogen-bond acceptors (Lipinski definition) is 3. The topological polar surface area (TPSA) is 47.6 Å². The SMILES string of the molecule is CCC(F)(F)CCOc1ccc(OC)cc1NC(=O)CCl. The lowest BCUT2D eigenvalue weighted by Crippen LogP contribution is -2.19. The van der Waals surface area contributed by atoms with E-state index in [9.17, 15) is 13.6 Å². The molecule has 0 saturated carbocycles. The predicted octanol–water partition coefficient (Wildman–Crippen LogP) is 3.69. The third kappa shape index (κ3) is 5.75. The van der Waals surface area contributed by atoms with E-state index in [0.717, 1.165) is 0 Å². The lowest BCUT2D eigenvalue weighted by Gasteiger charge is -2.16. The van der Waals surface area contributed by atoms with E-state index in [0.29, 0.717) is 17.2 Å². The summed E-state index contributed by atoms with van der Waals surface area (Å²) in [7, 11) is 1.48. The third-order valence-electron chi connectivity index (χ3n) is 2.82. The number of carbonyl (C=O) groups is 1. The first-order valence-corrected chi connectivity index (χ1v) is 6.99. The molecule has 0 saturated heterocycles. The van der Waals surface area contributed by atoms with Crippen LogP contribution in [0.1, 0.15) is 19.8 Å². The van der Waals surface area contributed by atoms with E-state index in [1.165, 1.54) is 20.1 Å². The van der Waals surface area contributed by atoms with Crippen molar-refractivity contribution in [3.8, 4) is 11.5 Å². The normalized spacial score (nSPS) is 11.1. The van der Waals surface area contributed by atoms with Crippen molar-refractivity contribution in [3.05, 3.63) is 18.2 Å². The smallest absolute Gasteiger partial charge is 0.251 e. The Labute approximate surface area is 127 Å². The Morgan fingerprint density at radius 1 is 1.43 bits per heavy atom. The van der Waals surface area contributed by atoms with Crippen LogP contribution in [0.4, 0.5) is 14.5 Å². The average Bonchev–Trinajstić information content (AvgIpc) is 2.48. The lowest BCUT2D eigenvalue weighted by atomic mass is 10.2. The van der Waals surface area contributed by atoms with Gasteiger partial charge in [0.25, 0.3) is 5.92 Å². The Morgan fingerprint density at radius 3 is 2.71 bits per heavy atom. The zero-order chi connectivity index (χ0) is 15.9. The van der Waals surface area contributed by atoms with Crippen molar-refractivity contribution in [2.45, 2.75) is 25.7 Å². The molecule has 0 atom stereocenters. The summed E-state index contributed by atoms with van der Waals surface area (Å²) < 4.78 is 36.7. The summed E-state index contributed by atoms with van der Waals surface area (Å²) in [5.74, 6) is -2.60. The number of hydrogen-bond donors (Lipinski definition) is 1. The summed E-state index contributed by atoms with van der Waals surface area (Å²) in [5.41, 5.74) is 0.333. The zero-order valence-electron chi connectivity index (χ0n) is 11.9. The average molecular weight is 322 g/mol. The molecule has 0 radical (unpaired) electrons. The van der Waals surface area contributed by atoms with Crippen LogP contribution in [-0.4, -0.2) is 31.4 Å². The number of halogens is 3. The van der Waals surface area contributed by atoms with Gasteiger partial charge in [0.15, 0.2) is 0 Å². The minimum absolute atomic E-state index is 0.156. The molecule has 0 aliphatic rings. The van der Waals surface area contributed by atoms with E-state index < -0.39 is 18.3 Å². The van der Waals surface area contributed by atoms with Crippen molar-refractivity contribution in [1.82, 2.24) is 0 Å². The zero-order valence-corrected chi connectivity index (χ0v) is 12.7. The second-order valence-corrected chi connectivity index (χ2v) is 4.62. The van der Waals surface area contributed by atoms with E-state index in [1.54, 1.807) is 12.1 Å². The first-order chi connectivity index (χ1) is 9.91. The van der Waals surface area contributed by atoms with Gasteiger partial charge in [-0.15, -0.1) is 11.6 Å². The molecule has 0 fully saturated rings. The molecule has 0 bridgehead atoms. The summed E-state index contributed by atoms with van der Waals surface area (Å²) in [6.07, 6.45) is -0.632. The second-order valence-electron chi connectivity index (χ2n) is 4.35. The van der Waals surface area contributed by atoms with Gasteiger partial charge in [-0.1, -0.05) is 6.92 Å². The standard InChI is InChI=1S/C14H18ClF2NO3/c1-3-14(16,17)6-7-21-12-5-4-10(20-2)8-11(12)18-13(19)9-15/h4-5,8H,3,6-7,9H2,1-2H3,(H,18,19). The molecule has 0 spiro atoms. The molecule has 1 rings (SSSR count). The summed E-state index contributed by atoms with van der Waals surface area (Å²) in [5, 5.41) is 2.53. The molecular formula is C14H18ClF2NO3. The molecule has 21 heavy (non-hydrogen) atoms. The van der Waals surface area contributed by atoms with Crippen LogP contribution in [0.3, 0.4) is 0 Å². The van der Waals surface area contributed by atoms with E-state index in [1.807, 2.05) is 0 Å². The van der Waals surface area contributed by atoms with Crippen LogP contribution < -0.4 is 14.8 Å². The highest BCUT2D eigenvalue weighted by atomic mass is 35.5. The van der Waals surface area contributed by atoms with Gasteiger partial charge >= 0.3 is 0 Å². The van der Waals surface area contributed by atoms with Gasteiger partial charge in [-0.3, -0.25) is 4.79 Å². The van der Waals surface area contributed by atoms with E-state index in [-0.39, 0.29) is 18.9 Å². The van der Waals surface area contributed by atoms with Crippen molar-refractivity contribution in [2.24, 2.45) is 0 Å². The molecule has 1 amide bonds. The minimum atomic E-state index is -2.76. The van der Waals surface area contributed by atoms with E-state index in [4.69, 9.17) is 21.1 Å². The van der Waals surface area contributed by atoms with Crippen molar-refractivity contribution in [1.29, 1.82) is 0 Å². The predicted molar refractivity (Wildman–Crippen MR) is 77.7 cm³/mol. The number of rotatable bonds is 8. The van der Waals surface area contributed by atoms with Gasteiger partial charge in [-0.05, 0) is 12.1 Å². The third-order valence-corrected chi connectivity index (χ3v) is 3.07. The van der Waals surface area contributed by atoms with E-state index in [2.05, 4.69) is 5.32 Å². The number of carbonyl (C=O) groups excluding carboxylic acids is 1. The molecule has 0 aromatic heterocycles. The van der Waals surface area contributed by atoms with E-state index >= 15 is 0 Å². The maximum atomic E-state index is 13.2. The fourth-order valence-corrected chi connectivity index (χ4v) is 1.60. The van der Waals surface area contributed by atoms with Crippen molar-refractivity contribution in [3.63, 3.8) is 0 Å². The highest BCUT2D eigenvalue weighted by Gasteiger charge is 2.26. The number of ether oxygens (including phenoxy) is 2. The number of benzene rings is 1. The van der Waals surface area contributed by atoms with Crippen LogP contribution in [0.15, 0.2) is 18.2 Å². The first-order valence-electron chi connectivity index (χ1n) is 6.46. The molecular weight excluding hydrogens is 304 g/mol. The largest absolute Gasteiger partial charge is 0.497 e. The molecule has 118 valence electrons. The monoisotopic (exact) mass is 321 g/mol. The van der Waals surface area contributed by atoms with Gasteiger partial charge in [-0.2, -0.15) is 0 Å². The van der Waals surface area contributed by atoms with Crippen LogP contribution in [0.2, 0.25) is 0 Å². The van der Waals surface area contributed by atoms with Crippen LogP contribution >= 0.6 is 11.6 Å². The maximum absolute atomic E-state index is 13.2. The molecule has 0 aliphatic heterocycles. The van der Waals surface area contributed by atoms with Crippen molar-refractivity contribution >= 4 is 23.2 Å². The molecule has 0 unspecified atom stereocenters. The minimum Gasteiger partial charge on any atom is -0.497 e. The van der Waals surface area contributed by atoms with Gasteiger partial charge < -0.3 is 14.8 Å². The molecule has 7 heteroatoms. The second kappa shape index (κ2) is 8.02. The van der Waals surface area contributed by atoms with Crippen LogP contribution in [0.25, 0.3) is 0 Å². The van der Waals surface area contributed by atoms with Gasteiger partial charge in [-0.25, -0.2) is 8.78 Å². The highest BCUT2D eigenvalue weighted by molar-refractivity contribution is 6.29. The van der Waals surface area contributed by atoms with Crippen molar-refractivity contribution < 1.29 is 23.0 Å². The summed E-state index contributed by atoms with van der Waals surface area (Å²) in [4.78, 5) is 11.4. The number of nitrogens with one attached hydrogen (secondary N) is 1. The molecule has 0 aliphatic carbocycles. The quantitative estimate of drug-likeness (QED) is 0.743. The van der Waals surface area contributed by atoms with Crippen molar-refractivity contribution in [2.75, 3.05) is 24.9 Å².